The van der Waals surface area contributed by atoms with Gasteiger partial charge in [-0.2, -0.15) is 0 Å². The quantitative estimate of drug-likeness (QED) is 0.584. The summed E-state index contributed by atoms with van der Waals surface area (Å²) in [6.07, 6.45) is -0.431. The van der Waals surface area contributed by atoms with Gasteiger partial charge in [0.05, 0.1) is 12.6 Å². The fourth-order valence-corrected chi connectivity index (χ4v) is 1.52. The minimum atomic E-state index is -0.431. The van der Waals surface area contributed by atoms with E-state index in [1.165, 1.54) is 0 Å². The van der Waals surface area contributed by atoms with E-state index in [1.54, 1.807) is 4.90 Å². The summed E-state index contributed by atoms with van der Waals surface area (Å²) >= 11 is 0. The molecule has 0 spiro atoms. The number of nitrogens with one attached hydrogen (secondary N) is 1. The summed E-state index contributed by atoms with van der Waals surface area (Å²) in [7, 11) is 3.81. The molecule has 1 atom stereocenters. The number of amides is 1. The zero-order chi connectivity index (χ0) is 12.6. The van der Waals surface area contributed by atoms with E-state index in [4.69, 9.17) is 0 Å². The SMILES string of the molecule is CCN(CC)C(=O)CNCC(O)CN(C)C. The Balaban J connectivity index is 3.68. The molecule has 0 aromatic heterocycles. The van der Waals surface area contributed by atoms with Crippen molar-refractivity contribution in [2.75, 3.05) is 46.8 Å². The Bertz CT molecular complexity index is 194. The van der Waals surface area contributed by atoms with E-state index in [1.807, 2.05) is 32.8 Å². The first-order chi connectivity index (χ1) is 7.51. The number of carbonyl (C=O) groups excluding carboxylic acids is 1. The van der Waals surface area contributed by atoms with Crippen LogP contribution in [0.25, 0.3) is 0 Å². The molecule has 0 aromatic carbocycles. The summed E-state index contributed by atoms with van der Waals surface area (Å²) in [6, 6.07) is 0. The van der Waals surface area contributed by atoms with Crippen LogP contribution in [0.3, 0.4) is 0 Å². The molecule has 0 aliphatic heterocycles. The van der Waals surface area contributed by atoms with Crippen molar-refractivity contribution in [1.29, 1.82) is 0 Å². The van der Waals surface area contributed by atoms with E-state index >= 15 is 0 Å². The Hall–Kier alpha value is -0.650. The molecule has 0 heterocycles. The minimum absolute atomic E-state index is 0.0852. The van der Waals surface area contributed by atoms with Gasteiger partial charge in [-0.3, -0.25) is 4.79 Å². The molecule has 0 fully saturated rings. The van der Waals surface area contributed by atoms with Gasteiger partial charge in [-0.15, -0.1) is 0 Å². The molecule has 0 rings (SSSR count). The van der Waals surface area contributed by atoms with Crippen LogP contribution in [-0.2, 0) is 4.79 Å². The zero-order valence-corrected chi connectivity index (χ0v) is 10.9. The Kier molecular flexibility index (Phi) is 8.15. The summed E-state index contributed by atoms with van der Waals surface area (Å²) in [4.78, 5) is 15.3. The van der Waals surface area contributed by atoms with Crippen LogP contribution in [0.15, 0.2) is 0 Å². The number of aliphatic hydroxyl groups excluding tert-OH is 1. The second-order valence-corrected chi connectivity index (χ2v) is 4.11. The van der Waals surface area contributed by atoms with Gasteiger partial charge in [0, 0.05) is 26.2 Å². The number of carbonyl (C=O) groups is 1. The molecule has 96 valence electrons. The molecular weight excluding hydrogens is 206 g/mol. The molecule has 0 bridgehead atoms. The summed E-state index contributed by atoms with van der Waals surface area (Å²) in [5, 5.41) is 12.5. The Morgan fingerprint density at radius 1 is 1.31 bits per heavy atom. The molecule has 5 heteroatoms. The average Bonchev–Trinajstić information content (AvgIpc) is 2.18. The highest BCUT2D eigenvalue weighted by molar-refractivity contribution is 5.78. The molecule has 0 saturated heterocycles. The van der Waals surface area contributed by atoms with Crippen molar-refractivity contribution in [3.63, 3.8) is 0 Å². The van der Waals surface area contributed by atoms with Crippen LogP contribution in [0, 0.1) is 0 Å². The van der Waals surface area contributed by atoms with Crippen molar-refractivity contribution in [2.45, 2.75) is 20.0 Å². The van der Waals surface area contributed by atoms with Crippen molar-refractivity contribution >= 4 is 5.91 Å². The number of likely N-dealkylation sites (N-methyl/N-ethyl adjacent to an activating group) is 2. The van der Waals surface area contributed by atoms with E-state index in [-0.39, 0.29) is 5.91 Å². The molecule has 5 nitrogen and oxygen atoms in total. The second-order valence-electron chi connectivity index (χ2n) is 4.11. The lowest BCUT2D eigenvalue weighted by Gasteiger charge is -2.20. The summed E-state index contributed by atoms with van der Waals surface area (Å²) in [5.74, 6) is 0.0852. The highest BCUT2D eigenvalue weighted by Gasteiger charge is 2.10. The van der Waals surface area contributed by atoms with Crippen molar-refractivity contribution in [1.82, 2.24) is 15.1 Å². The van der Waals surface area contributed by atoms with Gasteiger partial charge >= 0.3 is 0 Å². The molecule has 16 heavy (non-hydrogen) atoms. The van der Waals surface area contributed by atoms with Crippen LogP contribution in [0.1, 0.15) is 13.8 Å². The van der Waals surface area contributed by atoms with E-state index in [2.05, 4.69) is 5.32 Å². The standard InChI is InChI=1S/C11H25N3O2/c1-5-14(6-2)11(16)8-12-7-10(15)9-13(3)4/h10,12,15H,5-9H2,1-4H3. The van der Waals surface area contributed by atoms with Crippen molar-refractivity contribution in [3.05, 3.63) is 0 Å². The lowest BCUT2D eigenvalue weighted by Crippen LogP contribution is -2.42. The van der Waals surface area contributed by atoms with Gasteiger partial charge < -0.3 is 20.2 Å². The fourth-order valence-electron chi connectivity index (χ4n) is 1.52. The molecule has 2 N–H and O–H groups in total. The number of nitrogens with zero attached hydrogens (tertiary/aromatic N) is 2. The third kappa shape index (κ3) is 6.76. The predicted octanol–water partition coefficient (Wildman–Crippen LogP) is -0.633. The van der Waals surface area contributed by atoms with E-state index in [9.17, 15) is 9.90 Å². The maximum absolute atomic E-state index is 11.6. The van der Waals surface area contributed by atoms with E-state index < -0.39 is 6.10 Å². The molecule has 0 aromatic rings. The lowest BCUT2D eigenvalue weighted by atomic mass is 10.3. The lowest BCUT2D eigenvalue weighted by molar-refractivity contribution is -0.129. The van der Waals surface area contributed by atoms with E-state index in [0.29, 0.717) is 19.6 Å². The number of rotatable bonds is 8. The van der Waals surface area contributed by atoms with Crippen LogP contribution in [0.4, 0.5) is 0 Å². The Labute approximate surface area is 98.4 Å². The summed E-state index contributed by atoms with van der Waals surface area (Å²) < 4.78 is 0. The number of hydrogen-bond acceptors (Lipinski definition) is 4. The average molecular weight is 231 g/mol. The third-order valence-corrected chi connectivity index (χ3v) is 2.35. The third-order valence-electron chi connectivity index (χ3n) is 2.35. The summed E-state index contributed by atoms with van der Waals surface area (Å²) in [5.41, 5.74) is 0. The van der Waals surface area contributed by atoms with Crippen molar-refractivity contribution < 1.29 is 9.90 Å². The second kappa shape index (κ2) is 8.50. The van der Waals surface area contributed by atoms with Crippen LogP contribution in [-0.4, -0.2) is 73.7 Å². The van der Waals surface area contributed by atoms with Crippen LogP contribution < -0.4 is 5.32 Å². The van der Waals surface area contributed by atoms with Gasteiger partial charge in [0.1, 0.15) is 0 Å². The van der Waals surface area contributed by atoms with Gasteiger partial charge in [-0.05, 0) is 27.9 Å². The maximum atomic E-state index is 11.6. The predicted molar refractivity (Wildman–Crippen MR) is 65.4 cm³/mol. The molecule has 1 unspecified atom stereocenters. The molecule has 0 saturated carbocycles. The largest absolute Gasteiger partial charge is 0.390 e. The van der Waals surface area contributed by atoms with Gasteiger partial charge in [0.15, 0.2) is 0 Å². The normalized spacial score (nSPS) is 12.9. The van der Waals surface area contributed by atoms with Crippen LogP contribution >= 0.6 is 0 Å². The summed E-state index contributed by atoms with van der Waals surface area (Å²) in [6.45, 7) is 6.74. The Morgan fingerprint density at radius 2 is 1.88 bits per heavy atom. The van der Waals surface area contributed by atoms with Crippen LogP contribution in [0.5, 0.6) is 0 Å². The maximum Gasteiger partial charge on any atom is 0.236 e. The first-order valence-corrected chi connectivity index (χ1v) is 5.82. The number of aliphatic hydroxyl groups is 1. The molecule has 1 amide bonds. The van der Waals surface area contributed by atoms with Crippen molar-refractivity contribution in [2.24, 2.45) is 0 Å². The van der Waals surface area contributed by atoms with Gasteiger partial charge in [0.25, 0.3) is 0 Å². The topological polar surface area (TPSA) is 55.8 Å². The highest BCUT2D eigenvalue weighted by atomic mass is 16.3. The Morgan fingerprint density at radius 3 is 2.31 bits per heavy atom. The van der Waals surface area contributed by atoms with Crippen LogP contribution in [0.2, 0.25) is 0 Å². The van der Waals surface area contributed by atoms with Gasteiger partial charge in [-0.1, -0.05) is 0 Å². The number of hydrogen-bond donors (Lipinski definition) is 2. The van der Waals surface area contributed by atoms with Crippen molar-refractivity contribution in [3.8, 4) is 0 Å². The highest BCUT2D eigenvalue weighted by Crippen LogP contribution is 1.88. The van der Waals surface area contributed by atoms with E-state index in [0.717, 1.165) is 13.1 Å². The fraction of sp³-hybridized carbons (Fsp3) is 0.909. The monoisotopic (exact) mass is 231 g/mol. The molecule has 0 aliphatic carbocycles. The first-order valence-electron chi connectivity index (χ1n) is 5.82. The molecule has 0 radical (unpaired) electrons. The zero-order valence-electron chi connectivity index (χ0n) is 10.9. The van der Waals surface area contributed by atoms with Gasteiger partial charge in [0.2, 0.25) is 5.91 Å². The minimum Gasteiger partial charge on any atom is -0.390 e. The molecule has 0 aliphatic rings. The van der Waals surface area contributed by atoms with Gasteiger partial charge in [-0.25, -0.2) is 0 Å². The molecular formula is C11H25N3O2. The smallest absolute Gasteiger partial charge is 0.236 e. The first kappa shape index (κ1) is 15.3.